The number of carbonyl (C=O) groups is 2. The quantitative estimate of drug-likeness (QED) is 0.634. The fraction of sp³-hybridized carbons (Fsp3) is 0.400. The van der Waals surface area contributed by atoms with E-state index in [1.165, 1.54) is 12.1 Å². The van der Waals surface area contributed by atoms with E-state index in [0.29, 0.717) is 37.8 Å². The molecule has 2 aliphatic heterocycles. The predicted octanol–water partition coefficient (Wildman–Crippen LogP) is 4.19. The second kappa shape index (κ2) is 9.51. The molecule has 2 heterocycles. The van der Waals surface area contributed by atoms with E-state index in [2.05, 4.69) is 5.16 Å². The highest BCUT2D eigenvalue weighted by molar-refractivity contribution is 6.01. The molecule has 2 atom stereocenters. The molecule has 4 rings (SSSR count). The number of hydrogen-bond acceptors (Lipinski definition) is 5. The molecule has 1 fully saturated rings. The van der Waals surface area contributed by atoms with Crippen molar-refractivity contribution in [2.45, 2.75) is 38.7 Å². The molecular weight excluding hydrogens is 411 g/mol. The van der Waals surface area contributed by atoms with Crippen LogP contribution in [0.2, 0.25) is 0 Å². The minimum absolute atomic E-state index is 0.0884. The van der Waals surface area contributed by atoms with Gasteiger partial charge >= 0.3 is 5.97 Å². The predicted molar refractivity (Wildman–Crippen MR) is 118 cm³/mol. The van der Waals surface area contributed by atoms with Crippen LogP contribution in [0, 0.1) is 11.2 Å². The highest BCUT2D eigenvalue weighted by Crippen LogP contribution is 2.39. The topological polar surface area (TPSA) is 68.2 Å². The number of carbonyl (C=O) groups excluding carboxylic acids is 2. The molecule has 0 aliphatic carbocycles. The van der Waals surface area contributed by atoms with Crippen molar-refractivity contribution in [3.8, 4) is 0 Å². The fourth-order valence-corrected chi connectivity index (χ4v) is 4.56. The third kappa shape index (κ3) is 4.66. The number of esters is 1. The van der Waals surface area contributed by atoms with Crippen LogP contribution in [0.5, 0.6) is 0 Å². The minimum Gasteiger partial charge on any atom is -0.466 e. The van der Waals surface area contributed by atoms with Crippen LogP contribution < -0.4 is 0 Å². The van der Waals surface area contributed by atoms with E-state index in [1.54, 1.807) is 36.1 Å². The number of oxime groups is 1. The van der Waals surface area contributed by atoms with Crippen molar-refractivity contribution in [1.82, 2.24) is 4.90 Å². The third-order valence-electron chi connectivity index (χ3n) is 6.12. The lowest BCUT2D eigenvalue weighted by atomic mass is 9.74. The Morgan fingerprint density at radius 2 is 1.94 bits per heavy atom. The molecule has 0 spiro atoms. The maximum absolute atomic E-state index is 13.2. The van der Waals surface area contributed by atoms with E-state index in [9.17, 15) is 14.0 Å². The van der Waals surface area contributed by atoms with Crippen molar-refractivity contribution < 1.29 is 23.6 Å². The second-order valence-electron chi connectivity index (χ2n) is 8.38. The van der Waals surface area contributed by atoms with E-state index in [1.807, 2.05) is 18.2 Å². The summed E-state index contributed by atoms with van der Waals surface area (Å²) in [5, 5.41) is 4.18. The van der Waals surface area contributed by atoms with Crippen molar-refractivity contribution >= 4 is 17.6 Å². The van der Waals surface area contributed by atoms with E-state index >= 15 is 0 Å². The van der Waals surface area contributed by atoms with Crippen molar-refractivity contribution in [3.05, 3.63) is 71.5 Å². The van der Waals surface area contributed by atoms with Crippen LogP contribution >= 0.6 is 0 Å². The molecule has 6 nitrogen and oxygen atoms in total. The van der Waals surface area contributed by atoms with Crippen LogP contribution in [-0.4, -0.2) is 48.3 Å². The molecule has 0 bridgehead atoms. The first kappa shape index (κ1) is 22.0. The molecule has 0 radical (unpaired) electrons. The smallest absolute Gasteiger partial charge is 0.314 e. The van der Waals surface area contributed by atoms with Gasteiger partial charge in [-0.05, 0) is 49.6 Å². The van der Waals surface area contributed by atoms with Gasteiger partial charge < -0.3 is 14.5 Å². The van der Waals surface area contributed by atoms with Crippen molar-refractivity contribution in [2.75, 3.05) is 19.7 Å². The molecule has 0 saturated carbocycles. The molecule has 0 N–H and O–H groups in total. The zero-order chi connectivity index (χ0) is 22.6. The largest absolute Gasteiger partial charge is 0.466 e. The Labute approximate surface area is 187 Å². The summed E-state index contributed by atoms with van der Waals surface area (Å²) in [6.45, 7) is 2.93. The summed E-state index contributed by atoms with van der Waals surface area (Å²) >= 11 is 0. The maximum atomic E-state index is 13.2. The highest BCUT2D eigenvalue weighted by Gasteiger charge is 2.47. The zero-order valence-corrected chi connectivity index (χ0v) is 18.1. The SMILES string of the molecule is CCOC(=O)[C@]1(C[C@H]2CC(c3ccc(F)cc3)=NO2)CCCN(C(=O)c2ccccc2)C1. The van der Waals surface area contributed by atoms with Gasteiger partial charge in [-0.1, -0.05) is 35.5 Å². The van der Waals surface area contributed by atoms with Gasteiger partial charge in [-0.25, -0.2) is 4.39 Å². The van der Waals surface area contributed by atoms with Gasteiger partial charge in [0.15, 0.2) is 0 Å². The van der Waals surface area contributed by atoms with Gasteiger partial charge in [0.2, 0.25) is 0 Å². The molecule has 168 valence electrons. The summed E-state index contributed by atoms with van der Waals surface area (Å²) in [6.07, 6.45) is 1.93. The van der Waals surface area contributed by atoms with Gasteiger partial charge in [-0.2, -0.15) is 0 Å². The monoisotopic (exact) mass is 438 g/mol. The van der Waals surface area contributed by atoms with E-state index in [4.69, 9.17) is 9.57 Å². The zero-order valence-electron chi connectivity index (χ0n) is 18.1. The summed E-state index contributed by atoms with van der Waals surface area (Å²) in [7, 11) is 0. The van der Waals surface area contributed by atoms with E-state index in [-0.39, 0.29) is 36.9 Å². The molecule has 2 aliphatic rings. The lowest BCUT2D eigenvalue weighted by Gasteiger charge is -2.41. The Balaban J connectivity index is 1.50. The Morgan fingerprint density at radius 3 is 2.66 bits per heavy atom. The molecule has 0 aromatic heterocycles. The Kier molecular flexibility index (Phi) is 6.53. The van der Waals surface area contributed by atoms with Gasteiger partial charge in [0.25, 0.3) is 5.91 Å². The standard InChI is InChI=1S/C25H27FN2O4/c1-2-31-24(30)25(13-6-14-28(17-25)23(29)19-7-4-3-5-8-19)16-21-15-22(27-32-21)18-9-11-20(26)12-10-18/h3-5,7-12,21H,2,6,13-17H2,1H3/t21-,25+/m1/s1. The van der Waals surface area contributed by atoms with Crippen LogP contribution in [0.15, 0.2) is 59.8 Å². The first-order chi connectivity index (χ1) is 15.5. The number of halogens is 1. The summed E-state index contributed by atoms with van der Waals surface area (Å²) < 4.78 is 18.7. The first-order valence-electron chi connectivity index (χ1n) is 11.0. The van der Waals surface area contributed by atoms with E-state index in [0.717, 1.165) is 11.3 Å². The molecule has 2 aromatic rings. The van der Waals surface area contributed by atoms with Gasteiger partial charge in [0, 0.05) is 31.5 Å². The van der Waals surface area contributed by atoms with Crippen LogP contribution in [-0.2, 0) is 14.4 Å². The number of rotatable bonds is 6. The normalized spacial score (nSPS) is 22.8. The fourth-order valence-electron chi connectivity index (χ4n) is 4.56. The molecule has 1 amide bonds. The lowest BCUT2D eigenvalue weighted by molar-refractivity contribution is -0.161. The number of ether oxygens (including phenoxy) is 1. The molecule has 32 heavy (non-hydrogen) atoms. The number of amides is 1. The third-order valence-corrected chi connectivity index (χ3v) is 6.12. The van der Waals surface area contributed by atoms with Gasteiger partial charge in [0.1, 0.15) is 11.9 Å². The van der Waals surface area contributed by atoms with Crippen LogP contribution in [0.1, 0.15) is 48.5 Å². The van der Waals surface area contributed by atoms with Crippen LogP contribution in [0.3, 0.4) is 0 Å². The van der Waals surface area contributed by atoms with Crippen molar-refractivity contribution in [2.24, 2.45) is 10.6 Å². The van der Waals surface area contributed by atoms with Gasteiger partial charge in [-0.15, -0.1) is 0 Å². The van der Waals surface area contributed by atoms with Gasteiger partial charge in [-0.3, -0.25) is 9.59 Å². The van der Waals surface area contributed by atoms with Gasteiger partial charge in [0.05, 0.1) is 17.7 Å². The molecule has 0 unspecified atom stereocenters. The number of piperidine rings is 1. The number of benzene rings is 2. The van der Waals surface area contributed by atoms with E-state index < -0.39 is 5.41 Å². The number of nitrogens with zero attached hydrogens (tertiary/aromatic N) is 2. The van der Waals surface area contributed by atoms with Crippen LogP contribution in [0.25, 0.3) is 0 Å². The summed E-state index contributed by atoms with van der Waals surface area (Å²) in [6, 6.07) is 15.2. The molecule has 2 aromatic carbocycles. The maximum Gasteiger partial charge on any atom is 0.314 e. The minimum atomic E-state index is -0.850. The summed E-state index contributed by atoms with van der Waals surface area (Å²) in [5.74, 6) is -0.699. The Hall–Kier alpha value is -3.22. The number of hydrogen-bond donors (Lipinski definition) is 0. The Bertz CT molecular complexity index is 993. The second-order valence-corrected chi connectivity index (χ2v) is 8.38. The van der Waals surface area contributed by atoms with Crippen LogP contribution in [0.4, 0.5) is 4.39 Å². The molecule has 1 saturated heterocycles. The van der Waals surface area contributed by atoms with Crippen molar-refractivity contribution in [1.29, 1.82) is 0 Å². The highest BCUT2D eigenvalue weighted by atomic mass is 19.1. The average molecular weight is 438 g/mol. The Morgan fingerprint density at radius 1 is 1.19 bits per heavy atom. The summed E-state index contributed by atoms with van der Waals surface area (Å²) in [5.41, 5.74) is 1.27. The molecular formula is C25H27FN2O4. The lowest BCUT2D eigenvalue weighted by Crippen LogP contribution is -2.51. The first-order valence-corrected chi connectivity index (χ1v) is 11.0. The number of likely N-dealkylation sites (tertiary alicyclic amines) is 1. The molecule has 7 heteroatoms. The van der Waals surface area contributed by atoms with Crippen molar-refractivity contribution in [3.63, 3.8) is 0 Å². The average Bonchev–Trinajstić information content (AvgIpc) is 3.28. The summed E-state index contributed by atoms with van der Waals surface area (Å²) in [4.78, 5) is 33.6.